The molecule has 2 fully saturated rings. The first-order valence-corrected chi connectivity index (χ1v) is 11.3. The fraction of sp³-hybridized carbons (Fsp3) is 0.545. The van der Waals surface area contributed by atoms with Crippen LogP contribution < -0.4 is 5.32 Å². The molecule has 3 heterocycles. The van der Waals surface area contributed by atoms with Gasteiger partial charge in [0, 0.05) is 51.4 Å². The van der Waals surface area contributed by atoms with E-state index in [9.17, 15) is 4.79 Å². The highest BCUT2D eigenvalue weighted by Gasteiger charge is 2.24. The van der Waals surface area contributed by atoms with Crippen molar-refractivity contribution in [3.63, 3.8) is 0 Å². The van der Waals surface area contributed by atoms with E-state index in [2.05, 4.69) is 49.4 Å². The molecule has 0 spiro atoms. The van der Waals surface area contributed by atoms with Crippen LogP contribution in [0.2, 0.25) is 0 Å². The third kappa shape index (κ3) is 7.11. The van der Waals surface area contributed by atoms with Gasteiger partial charge in [-0.05, 0) is 18.6 Å². The Hall–Kier alpha value is -2.25. The van der Waals surface area contributed by atoms with Crippen LogP contribution in [0, 0.1) is 0 Å². The number of amides is 1. The number of guanidine groups is 1. The normalized spacial score (nSPS) is 17.5. The highest BCUT2D eigenvalue weighted by molar-refractivity contribution is 14.0. The summed E-state index contributed by atoms with van der Waals surface area (Å²) in [6.45, 7) is 10.0. The number of nitrogens with zero attached hydrogens (tertiary/aromatic N) is 6. The van der Waals surface area contributed by atoms with Gasteiger partial charge >= 0.3 is 0 Å². The summed E-state index contributed by atoms with van der Waals surface area (Å²) in [6.07, 6.45) is 1.51. The lowest BCUT2D eigenvalue weighted by Crippen LogP contribution is -2.54. The molecule has 0 radical (unpaired) electrons. The van der Waals surface area contributed by atoms with Gasteiger partial charge in [-0.25, -0.2) is 9.98 Å². The first kappa shape index (κ1) is 25.4. The maximum absolute atomic E-state index is 12.5. The number of rotatable bonds is 6. The van der Waals surface area contributed by atoms with Gasteiger partial charge in [-0.3, -0.25) is 14.8 Å². The third-order valence-electron chi connectivity index (χ3n) is 5.76. The zero-order chi connectivity index (χ0) is 22.2. The van der Waals surface area contributed by atoms with Gasteiger partial charge in [0.05, 0.1) is 26.3 Å². The zero-order valence-electron chi connectivity index (χ0n) is 19.1. The number of ether oxygens (including phenoxy) is 1. The Labute approximate surface area is 211 Å². The molecule has 0 atom stereocenters. The van der Waals surface area contributed by atoms with E-state index in [4.69, 9.17) is 9.73 Å². The average Bonchev–Trinajstić information content (AvgIpc) is 3.38. The molecule has 2 aromatic rings. The number of aromatic amines is 1. The summed E-state index contributed by atoms with van der Waals surface area (Å²) in [5.41, 5.74) is 2.11. The lowest BCUT2D eigenvalue weighted by Gasteiger charge is -2.37. The number of halogens is 1. The topological polar surface area (TPSA) is 102 Å². The maximum Gasteiger partial charge on any atom is 0.236 e. The van der Waals surface area contributed by atoms with Crippen LogP contribution in [0.5, 0.6) is 0 Å². The van der Waals surface area contributed by atoms with Gasteiger partial charge in [-0.15, -0.1) is 24.0 Å². The van der Waals surface area contributed by atoms with Gasteiger partial charge in [-0.2, -0.15) is 5.10 Å². The van der Waals surface area contributed by atoms with Crippen molar-refractivity contribution in [3.8, 4) is 11.4 Å². The van der Waals surface area contributed by atoms with Crippen molar-refractivity contribution < 1.29 is 9.53 Å². The van der Waals surface area contributed by atoms with Crippen LogP contribution in [0.25, 0.3) is 11.4 Å². The largest absolute Gasteiger partial charge is 0.378 e. The van der Waals surface area contributed by atoms with Crippen LogP contribution in [0.15, 0.2) is 35.6 Å². The van der Waals surface area contributed by atoms with Crippen LogP contribution in [0.3, 0.4) is 0 Å². The van der Waals surface area contributed by atoms with E-state index >= 15 is 0 Å². The van der Waals surface area contributed by atoms with E-state index in [-0.39, 0.29) is 29.9 Å². The van der Waals surface area contributed by atoms with E-state index in [1.165, 1.54) is 6.33 Å². The van der Waals surface area contributed by atoms with Crippen molar-refractivity contribution in [2.75, 3.05) is 65.6 Å². The lowest BCUT2D eigenvalue weighted by atomic mass is 10.1. The monoisotopic (exact) mass is 568 g/mol. The predicted molar refractivity (Wildman–Crippen MR) is 137 cm³/mol. The minimum absolute atomic E-state index is 0. The Kier molecular flexibility index (Phi) is 9.88. The molecule has 1 amide bonds. The molecular weight excluding hydrogens is 535 g/mol. The number of aliphatic imine (C=N–C) groups is 1. The Bertz CT molecular complexity index is 894. The summed E-state index contributed by atoms with van der Waals surface area (Å²) in [5, 5.41) is 10.2. The SMILES string of the molecule is CCNC(=NCc1cccc(-c2ncn[nH]2)c1)N1CCN(CC(=O)N2CCOCC2)CC1.I. The molecule has 10 nitrogen and oxygen atoms in total. The van der Waals surface area contributed by atoms with Crippen LogP contribution in [0.1, 0.15) is 12.5 Å². The van der Waals surface area contributed by atoms with Crippen molar-refractivity contribution in [1.82, 2.24) is 35.2 Å². The quantitative estimate of drug-likeness (QED) is 0.305. The van der Waals surface area contributed by atoms with Crippen molar-refractivity contribution in [3.05, 3.63) is 36.2 Å². The molecule has 11 heteroatoms. The second-order valence-electron chi connectivity index (χ2n) is 7.96. The maximum atomic E-state index is 12.5. The summed E-state index contributed by atoms with van der Waals surface area (Å²) >= 11 is 0. The first-order valence-electron chi connectivity index (χ1n) is 11.3. The number of aromatic nitrogens is 3. The Morgan fingerprint density at radius 3 is 2.64 bits per heavy atom. The Morgan fingerprint density at radius 1 is 1.15 bits per heavy atom. The lowest BCUT2D eigenvalue weighted by molar-refractivity contribution is -0.136. The minimum atomic E-state index is 0. The van der Waals surface area contributed by atoms with Crippen molar-refractivity contribution in [1.29, 1.82) is 0 Å². The second kappa shape index (κ2) is 12.8. The number of carbonyl (C=O) groups excluding carboxylic acids is 1. The zero-order valence-corrected chi connectivity index (χ0v) is 21.4. The van der Waals surface area contributed by atoms with E-state index < -0.39 is 0 Å². The third-order valence-corrected chi connectivity index (χ3v) is 5.76. The Morgan fingerprint density at radius 2 is 1.94 bits per heavy atom. The molecule has 1 aromatic carbocycles. The summed E-state index contributed by atoms with van der Waals surface area (Å²) < 4.78 is 5.34. The van der Waals surface area contributed by atoms with Crippen molar-refractivity contribution >= 4 is 35.8 Å². The molecule has 2 saturated heterocycles. The number of morpholine rings is 1. The predicted octanol–water partition coefficient (Wildman–Crippen LogP) is 1.03. The van der Waals surface area contributed by atoms with Crippen LogP contribution in [-0.4, -0.2) is 107 Å². The molecule has 1 aromatic heterocycles. The molecule has 2 N–H and O–H groups in total. The van der Waals surface area contributed by atoms with Gasteiger partial charge in [0.15, 0.2) is 11.8 Å². The molecule has 0 unspecified atom stereocenters. The number of hydrogen-bond acceptors (Lipinski definition) is 6. The average molecular weight is 568 g/mol. The molecule has 4 rings (SSSR count). The standard InChI is InChI=1S/C22H32N8O2.HI/c1-2-23-22(24-15-18-4-3-5-19(14-18)21-25-17-26-27-21)30-8-6-28(7-9-30)16-20(31)29-10-12-32-13-11-29;/h3-5,14,17H,2,6-13,15-16H2,1H3,(H,23,24)(H,25,26,27);1H. The molecule has 0 aliphatic carbocycles. The second-order valence-corrected chi connectivity index (χ2v) is 7.96. The number of hydrogen-bond donors (Lipinski definition) is 2. The molecule has 0 bridgehead atoms. The van der Waals surface area contributed by atoms with Gasteiger partial charge < -0.3 is 19.9 Å². The van der Waals surface area contributed by atoms with Gasteiger partial charge in [0.2, 0.25) is 5.91 Å². The van der Waals surface area contributed by atoms with Crippen LogP contribution in [-0.2, 0) is 16.1 Å². The Balaban J connectivity index is 0.00000306. The van der Waals surface area contributed by atoms with Gasteiger partial charge in [-0.1, -0.05) is 18.2 Å². The highest BCUT2D eigenvalue weighted by atomic mass is 127. The number of nitrogens with one attached hydrogen (secondary N) is 2. The van der Waals surface area contributed by atoms with E-state index in [1.807, 2.05) is 17.0 Å². The first-order chi connectivity index (χ1) is 15.7. The van der Waals surface area contributed by atoms with E-state index in [0.29, 0.717) is 39.4 Å². The number of carbonyl (C=O) groups is 1. The summed E-state index contributed by atoms with van der Waals surface area (Å²) in [4.78, 5) is 28.0. The van der Waals surface area contributed by atoms with Crippen molar-refractivity contribution in [2.45, 2.75) is 13.5 Å². The van der Waals surface area contributed by atoms with E-state index in [1.54, 1.807) is 0 Å². The molecule has 180 valence electrons. The highest BCUT2D eigenvalue weighted by Crippen LogP contribution is 2.16. The van der Waals surface area contributed by atoms with E-state index in [0.717, 1.165) is 55.6 Å². The summed E-state index contributed by atoms with van der Waals surface area (Å²) in [6, 6.07) is 8.18. The molecule has 33 heavy (non-hydrogen) atoms. The number of piperazine rings is 1. The molecular formula is C22H33IN8O2. The van der Waals surface area contributed by atoms with Crippen molar-refractivity contribution in [2.24, 2.45) is 4.99 Å². The smallest absolute Gasteiger partial charge is 0.236 e. The molecule has 0 saturated carbocycles. The molecule has 2 aliphatic rings. The fourth-order valence-electron chi connectivity index (χ4n) is 3.98. The van der Waals surface area contributed by atoms with Crippen LogP contribution >= 0.6 is 24.0 Å². The fourth-order valence-corrected chi connectivity index (χ4v) is 3.98. The van der Waals surface area contributed by atoms with Gasteiger partial charge in [0.1, 0.15) is 6.33 Å². The van der Waals surface area contributed by atoms with Gasteiger partial charge in [0.25, 0.3) is 0 Å². The summed E-state index contributed by atoms with van der Waals surface area (Å²) in [7, 11) is 0. The number of benzene rings is 1. The number of H-pyrrole nitrogens is 1. The molecule has 2 aliphatic heterocycles. The summed E-state index contributed by atoms with van der Waals surface area (Å²) in [5.74, 6) is 1.87. The van der Waals surface area contributed by atoms with Crippen LogP contribution in [0.4, 0.5) is 0 Å². The minimum Gasteiger partial charge on any atom is -0.378 e.